The van der Waals surface area contributed by atoms with Crippen molar-refractivity contribution in [1.29, 1.82) is 0 Å². The molecule has 18 heavy (non-hydrogen) atoms. The van der Waals surface area contributed by atoms with Gasteiger partial charge >= 0.3 is 0 Å². The Labute approximate surface area is 107 Å². The van der Waals surface area contributed by atoms with Crippen LogP contribution in [0.3, 0.4) is 0 Å². The second-order valence-electron chi connectivity index (χ2n) is 4.65. The summed E-state index contributed by atoms with van der Waals surface area (Å²) in [6.07, 6.45) is 1.76. The molecule has 0 spiro atoms. The van der Waals surface area contributed by atoms with Gasteiger partial charge in [-0.05, 0) is 18.6 Å². The molecular formula is C14H19FN2O. The molecule has 1 aromatic rings. The van der Waals surface area contributed by atoms with Crippen LogP contribution in [0.4, 0.5) is 4.39 Å². The summed E-state index contributed by atoms with van der Waals surface area (Å²) in [6, 6.07) is 3.03. The Morgan fingerprint density at radius 3 is 2.72 bits per heavy atom. The molecule has 1 aromatic carbocycles. The van der Waals surface area contributed by atoms with Crippen molar-refractivity contribution < 1.29 is 9.50 Å². The van der Waals surface area contributed by atoms with Crippen LogP contribution in [-0.2, 0) is 0 Å². The molecule has 0 aromatic heterocycles. The van der Waals surface area contributed by atoms with Crippen LogP contribution >= 0.6 is 0 Å². The van der Waals surface area contributed by atoms with Crippen LogP contribution in [-0.4, -0.2) is 36.2 Å². The Morgan fingerprint density at radius 2 is 2.11 bits per heavy atom. The predicted octanol–water partition coefficient (Wildman–Crippen LogP) is 1.97. The van der Waals surface area contributed by atoms with Crippen LogP contribution < -0.4 is 5.32 Å². The maximum absolute atomic E-state index is 13.6. The molecule has 4 heteroatoms. The van der Waals surface area contributed by atoms with Gasteiger partial charge in [-0.25, -0.2) is 4.39 Å². The lowest BCUT2D eigenvalue weighted by atomic mass is 10.0. The van der Waals surface area contributed by atoms with E-state index in [2.05, 4.69) is 16.8 Å². The summed E-state index contributed by atoms with van der Waals surface area (Å²) in [5.74, 6) is -0.823. The predicted molar refractivity (Wildman–Crippen MR) is 70.2 cm³/mol. The van der Waals surface area contributed by atoms with Crippen molar-refractivity contribution in [2.24, 2.45) is 0 Å². The molecule has 1 fully saturated rings. The Kier molecular flexibility index (Phi) is 3.99. The fourth-order valence-corrected chi connectivity index (χ4v) is 2.42. The summed E-state index contributed by atoms with van der Waals surface area (Å²) in [5, 5.41) is 13.2. The molecule has 1 saturated heterocycles. The largest absolute Gasteiger partial charge is 0.505 e. The van der Waals surface area contributed by atoms with Gasteiger partial charge in [-0.15, -0.1) is 6.58 Å². The molecule has 3 nitrogen and oxygen atoms in total. The summed E-state index contributed by atoms with van der Waals surface area (Å²) >= 11 is 0. The van der Waals surface area contributed by atoms with Crippen molar-refractivity contribution in [2.75, 3.05) is 26.2 Å². The molecule has 1 heterocycles. The second-order valence-corrected chi connectivity index (χ2v) is 4.65. The first-order chi connectivity index (χ1) is 8.63. The molecule has 1 aliphatic heterocycles. The number of nitrogens with zero attached hydrogens (tertiary/aromatic N) is 1. The van der Waals surface area contributed by atoms with Gasteiger partial charge in [0.05, 0.1) is 6.04 Å². The van der Waals surface area contributed by atoms with E-state index in [1.807, 2.05) is 13.0 Å². The molecule has 0 bridgehead atoms. The third-order valence-electron chi connectivity index (χ3n) is 3.32. The van der Waals surface area contributed by atoms with Crippen molar-refractivity contribution in [3.8, 4) is 5.75 Å². The highest BCUT2D eigenvalue weighted by atomic mass is 19.1. The lowest BCUT2D eigenvalue weighted by Crippen LogP contribution is -2.44. The van der Waals surface area contributed by atoms with Crippen molar-refractivity contribution in [3.63, 3.8) is 0 Å². The number of halogens is 1. The number of piperazine rings is 1. The van der Waals surface area contributed by atoms with E-state index < -0.39 is 5.82 Å². The highest BCUT2D eigenvalue weighted by Crippen LogP contribution is 2.32. The van der Waals surface area contributed by atoms with Gasteiger partial charge in [-0.1, -0.05) is 12.1 Å². The normalized spacial score (nSPS) is 18.6. The first kappa shape index (κ1) is 13.1. The monoisotopic (exact) mass is 250 g/mol. The van der Waals surface area contributed by atoms with E-state index in [0.29, 0.717) is 5.56 Å². The molecule has 98 valence electrons. The van der Waals surface area contributed by atoms with Gasteiger partial charge in [-0.3, -0.25) is 4.90 Å². The first-order valence-electron chi connectivity index (χ1n) is 6.20. The van der Waals surface area contributed by atoms with Gasteiger partial charge in [0.2, 0.25) is 0 Å². The number of phenolic OH excluding ortho intramolecular Hbond substituents is 1. The van der Waals surface area contributed by atoms with Gasteiger partial charge in [0.1, 0.15) is 0 Å². The number of rotatable bonds is 3. The number of phenols is 1. The zero-order chi connectivity index (χ0) is 13.1. The van der Waals surface area contributed by atoms with Crippen molar-refractivity contribution in [2.45, 2.75) is 13.0 Å². The molecule has 0 unspecified atom stereocenters. The smallest absolute Gasteiger partial charge is 0.165 e. The molecule has 1 aliphatic rings. The Bertz CT molecular complexity index is 442. The summed E-state index contributed by atoms with van der Waals surface area (Å²) < 4.78 is 13.6. The van der Waals surface area contributed by atoms with E-state index in [4.69, 9.17) is 0 Å². The fourth-order valence-electron chi connectivity index (χ4n) is 2.42. The van der Waals surface area contributed by atoms with Crippen LogP contribution in [0.25, 0.3) is 0 Å². The number of hydrogen-bond acceptors (Lipinski definition) is 3. The minimum atomic E-state index is -0.563. The molecule has 1 atom stereocenters. The van der Waals surface area contributed by atoms with E-state index in [9.17, 15) is 9.50 Å². The lowest BCUT2D eigenvalue weighted by Gasteiger charge is -2.33. The van der Waals surface area contributed by atoms with Crippen LogP contribution in [0, 0.1) is 12.7 Å². The van der Waals surface area contributed by atoms with Gasteiger partial charge in [0.15, 0.2) is 11.6 Å². The SMILES string of the molecule is C=C[C@@H](c1cc(C)cc(F)c1O)N1CCNCC1. The van der Waals surface area contributed by atoms with Gasteiger partial charge < -0.3 is 10.4 Å². The van der Waals surface area contributed by atoms with Crippen molar-refractivity contribution in [3.05, 3.63) is 41.7 Å². The maximum atomic E-state index is 13.6. The number of aryl methyl sites for hydroxylation is 1. The maximum Gasteiger partial charge on any atom is 0.165 e. The van der Waals surface area contributed by atoms with Crippen LogP contribution in [0.1, 0.15) is 17.2 Å². The number of benzene rings is 1. The fraction of sp³-hybridized carbons (Fsp3) is 0.429. The van der Waals surface area contributed by atoms with Crippen LogP contribution in [0.5, 0.6) is 5.75 Å². The zero-order valence-electron chi connectivity index (χ0n) is 10.6. The minimum absolute atomic E-state index is 0.138. The molecule has 2 rings (SSSR count). The molecule has 0 amide bonds. The van der Waals surface area contributed by atoms with Gasteiger partial charge in [-0.2, -0.15) is 0 Å². The molecule has 0 radical (unpaired) electrons. The van der Waals surface area contributed by atoms with Crippen LogP contribution in [0.15, 0.2) is 24.8 Å². The molecule has 2 N–H and O–H groups in total. The Balaban J connectivity index is 2.34. The van der Waals surface area contributed by atoms with E-state index >= 15 is 0 Å². The lowest BCUT2D eigenvalue weighted by molar-refractivity contribution is 0.200. The number of aromatic hydroxyl groups is 1. The quantitative estimate of drug-likeness (QED) is 0.805. The van der Waals surface area contributed by atoms with E-state index in [0.717, 1.165) is 31.7 Å². The van der Waals surface area contributed by atoms with Crippen molar-refractivity contribution >= 4 is 0 Å². The highest BCUT2D eigenvalue weighted by Gasteiger charge is 2.23. The third-order valence-corrected chi connectivity index (χ3v) is 3.32. The average Bonchev–Trinajstić information content (AvgIpc) is 2.37. The highest BCUT2D eigenvalue weighted by molar-refractivity contribution is 5.41. The summed E-state index contributed by atoms with van der Waals surface area (Å²) in [7, 11) is 0. The minimum Gasteiger partial charge on any atom is -0.505 e. The molecule has 0 saturated carbocycles. The Hall–Kier alpha value is -1.39. The topological polar surface area (TPSA) is 35.5 Å². The van der Waals surface area contributed by atoms with E-state index in [1.165, 1.54) is 6.07 Å². The van der Waals surface area contributed by atoms with E-state index in [-0.39, 0.29) is 11.8 Å². The zero-order valence-corrected chi connectivity index (χ0v) is 10.6. The summed E-state index contributed by atoms with van der Waals surface area (Å²) in [5.41, 5.74) is 1.41. The summed E-state index contributed by atoms with van der Waals surface area (Å²) in [6.45, 7) is 9.18. The third kappa shape index (κ3) is 2.54. The van der Waals surface area contributed by atoms with Gasteiger partial charge in [0, 0.05) is 31.7 Å². The van der Waals surface area contributed by atoms with E-state index in [1.54, 1.807) is 6.08 Å². The van der Waals surface area contributed by atoms with Crippen molar-refractivity contribution in [1.82, 2.24) is 10.2 Å². The molecular weight excluding hydrogens is 231 g/mol. The second kappa shape index (κ2) is 5.50. The van der Waals surface area contributed by atoms with Crippen LogP contribution in [0.2, 0.25) is 0 Å². The Morgan fingerprint density at radius 1 is 1.44 bits per heavy atom. The first-order valence-corrected chi connectivity index (χ1v) is 6.20. The standard InChI is InChI=1S/C14H19FN2O/c1-3-13(17-6-4-16-5-7-17)11-8-10(2)9-12(15)14(11)18/h3,8-9,13,16,18H,1,4-7H2,2H3/t13-/m0/s1. The average molecular weight is 250 g/mol. The number of nitrogens with one attached hydrogen (secondary N) is 1. The number of hydrogen-bond donors (Lipinski definition) is 2. The van der Waals surface area contributed by atoms with Gasteiger partial charge in [0.25, 0.3) is 0 Å². The summed E-state index contributed by atoms with van der Waals surface area (Å²) in [4.78, 5) is 2.19. The molecule has 0 aliphatic carbocycles.